The number of hydrogen-bond donors (Lipinski definition) is 3. The van der Waals surface area contributed by atoms with E-state index in [0.717, 1.165) is 16.2 Å². The highest BCUT2D eigenvalue weighted by molar-refractivity contribution is 6.03. The lowest BCUT2D eigenvalue weighted by Gasteiger charge is -2.03. The number of benzene rings is 4. The van der Waals surface area contributed by atoms with Crippen LogP contribution in [0.1, 0.15) is 20.7 Å². The number of carboxylic acids is 2. The Labute approximate surface area is 154 Å². The molecule has 0 saturated heterocycles. The summed E-state index contributed by atoms with van der Waals surface area (Å²) in [5, 5.41) is 30.4. The van der Waals surface area contributed by atoms with Gasteiger partial charge in [0.05, 0.1) is 5.56 Å². The predicted molar refractivity (Wildman–Crippen MR) is 103 cm³/mol. The van der Waals surface area contributed by atoms with Crippen molar-refractivity contribution in [1.82, 2.24) is 0 Å². The summed E-state index contributed by atoms with van der Waals surface area (Å²) in [5.41, 5.74) is 0.293. The highest BCUT2D eigenvalue weighted by Crippen LogP contribution is 2.28. The maximum atomic E-state index is 10.8. The number of aromatic hydroxyl groups is 1. The first-order valence-electron chi connectivity index (χ1n) is 8.14. The van der Waals surface area contributed by atoms with Crippen molar-refractivity contribution in [1.29, 1.82) is 0 Å². The van der Waals surface area contributed by atoms with Crippen LogP contribution in [-0.2, 0) is 0 Å². The van der Waals surface area contributed by atoms with E-state index in [1.54, 1.807) is 30.3 Å². The van der Waals surface area contributed by atoms with Gasteiger partial charge < -0.3 is 15.3 Å². The molecule has 0 aromatic heterocycles. The number of rotatable bonds is 2. The molecule has 4 rings (SSSR count). The van der Waals surface area contributed by atoms with E-state index in [-0.39, 0.29) is 11.3 Å². The molecule has 5 nitrogen and oxygen atoms in total. The summed E-state index contributed by atoms with van der Waals surface area (Å²) >= 11 is 0. The molecule has 134 valence electrons. The molecule has 0 atom stereocenters. The smallest absolute Gasteiger partial charge is 0.339 e. The standard InChI is InChI=1S/C11H8O3.C11H8O2/c12-10-8-4-2-1-3-7(8)5-6-9(10)11(13)14;12-11(13)10-7-3-5-8-4-1-2-6-9(8)10/h1-6,12H,(H,13,14);1-7H,(H,12,13). The van der Waals surface area contributed by atoms with Gasteiger partial charge in [0.25, 0.3) is 0 Å². The van der Waals surface area contributed by atoms with Crippen LogP contribution in [0.2, 0.25) is 0 Å². The predicted octanol–water partition coefficient (Wildman–Crippen LogP) is 4.78. The summed E-state index contributed by atoms with van der Waals surface area (Å²) in [6.45, 7) is 0. The quantitative estimate of drug-likeness (QED) is 0.478. The first-order chi connectivity index (χ1) is 13.0. The van der Waals surface area contributed by atoms with E-state index in [1.165, 1.54) is 6.07 Å². The number of phenols is 1. The third-order valence-corrected chi connectivity index (χ3v) is 4.15. The Bertz CT molecular complexity index is 1140. The summed E-state index contributed by atoms with van der Waals surface area (Å²) in [6, 6.07) is 22.9. The zero-order valence-electron chi connectivity index (χ0n) is 14.2. The van der Waals surface area contributed by atoms with E-state index >= 15 is 0 Å². The lowest BCUT2D eigenvalue weighted by molar-refractivity contribution is 0.0685. The van der Waals surface area contributed by atoms with E-state index < -0.39 is 11.9 Å². The summed E-state index contributed by atoms with van der Waals surface area (Å²) in [4.78, 5) is 21.5. The Hall–Kier alpha value is -3.86. The molecule has 0 heterocycles. The van der Waals surface area contributed by atoms with Gasteiger partial charge in [-0.1, -0.05) is 66.7 Å². The van der Waals surface area contributed by atoms with Gasteiger partial charge in [-0.3, -0.25) is 0 Å². The SMILES string of the molecule is O=C(O)c1ccc2ccccc2c1O.O=C(O)c1cccc2ccccc12. The third kappa shape index (κ3) is 3.72. The zero-order chi connectivity index (χ0) is 19.4. The van der Waals surface area contributed by atoms with Crippen molar-refractivity contribution in [2.75, 3.05) is 0 Å². The van der Waals surface area contributed by atoms with Gasteiger partial charge in [-0.2, -0.15) is 0 Å². The zero-order valence-corrected chi connectivity index (χ0v) is 14.2. The third-order valence-electron chi connectivity index (χ3n) is 4.15. The number of hydrogen-bond acceptors (Lipinski definition) is 3. The minimum Gasteiger partial charge on any atom is -0.506 e. The lowest BCUT2D eigenvalue weighted by atomic mass is 10.1. The first-order valence-corrected chi connectivity index (χ1v) is 8.14. The van der Waals surface area contributed by atoms with Crippen molar-refractivity contribution in [2.45, 2.75) is 0 Å². The van der Waals surface area contributed by atoms with Crippen LogP contribution in [0.4, 0.5) is 0 Å². The van der Waals surface area contributed by atoms with Crippen LogP contribution in [0, 0.1) is 0 Å². The van der Waals surface area contributed by atoms with Crippen molar-refractivity contribution in [2.24, 2.45) is 0 Å². The first kappa shape index (κ1) is 17.9. The summed E-state index contributed by atoms with van der Waals surface area (Å²) in [7, 11) is 0. The Balaban J connectivity index is 0.000000156. The van der Waals surface area contributed by atoms with E-state index in [4.69, 9.17) is 10.2 Å². The number of carboxylic acid groups (broad SMARTS) is 2. The van der Waals surface area contributed by atoms with E-state index in [0.29, 0.717) is 10.9 Å². The maximum absolute atomic E-state index is 10.8. The normalized spacial score (nSPS) is 10.2. The van der Waals surface area contributed by atoms with Crippen molar-refractivity contribution in [3.05, 3.63) is 90.0 Å². The molecule has 27 heavy (non-hydrogen) atoms. The van der Waals surface area contributed by atoms with Crippen LogP contribution < -0.4 is 0 Å². The molecule has 0 aliphatic carbocycles. The van der Waals surface area contributed by atoms with Gasteiger partial charge in [-0.15, -0.1) is 0 Å². The highest BCUT2D eigenvalue weighted by atomic mass is 16.4. The van der Waals surface area contributed by atoms with Crippen LogP contribution in [0.5, 0.6) is 5.75 Å². The van der Waals surface area contributed by atoms with Crippen molar-refractivity contribution in [3.8, 4) is 5.75 Å². The fourth-order valence-electron chi connectivity index (χ4n) is 2.84. The van der Waals surface area contributed by atoms with Crippen LogP contribution in [0.3, 0.4) is 0 Å². The van der Waals surface area contributed by atoms with Crippen LogP contribution >= 0.6 is 0 Å². The minimum absolute atomic E-state index is 0.0660. The minimum atomic E-state index is -1.12. The second-order valence-electron chi connectivity index (χ2n) is 5.82. The van der Waals surface area contributed by atoms with E-state index in [9.17, 15) is 14.7 Å². The molecule has 0 aliphatic rings. The van der Waals surface area contributed by atoms with E-state index in [2.05, 4.69) is 0 Å². The topological polar surface area (TPSA) is 94.8 Å². The van der Waals surface area contributed by atoms with Gasteiger partial charge in [0.15, 0.2) is 0 Å². The molecule has 0 amide bonds. The molecule has 0 bridgehead atoms. The fraction of sp³-hybridized carbons (Fsp3) is 0. The Morgan fingerprint density at radius 3 is 1.70 bits per heavy atom. The molecule has 0 fully saturated rings. The largest absolute Gasteiger partial charge is 0.506 e. The summed E-state index contributed by atoms with van der Waals surface area (Å²) < 4.78 is 0. The fourth-order valence-corrected chi connectivity index (χ4v) is 2.84. The van der Waals surface area contributed by atoms with Crippen LogP contribution in [0.25, 0.3) is 21.5 Å². The average Bonchev–Trinajstić information content (AvgIpc) is 2.68. The van der Waals surface area contributed by atoms with E-state index in [1.807, 2.05) is 42.5 Å². The summed E-state index contributed by atoms with van der Waals surface area (Å²) in [6.07, 6.45) is 0. The number of aromatic carboxylic acids is 2. The van der Waals surface area contributed by atoms with Crippen LogP contribution in [0.15, 0.2) is 78.9 Å². The van der Waals surface area contributed by atoms with Crippen molar-refractivity contribution in [3.63, 3.8) is 0 Å². The molecule has 0 aliphatic heterocycles. The molecule has 5 heteroatoms. The molecular formula is C22H16O5. The van der Waals surface area contributed by atoms with Gasteiger partial charge in [0, 0.05) is 5.39 Å². The Kier molecular flexibility index (Phi) is 5.04. The molecule has 3 N–H and O–H groups in total. The van der Waals surface area contributed by atoms with Gasteiger partial charge in [0.2, 0.25) is 0 Å². The molecule has 0 unspecified atom stereocenters. The second-order valence-corrected chi connectivity index (χ2v) is 5.82. The summed E-state index contributed by atoms with van der Waals surface area (Å²) in [5.74, 6) is -2.17. The van der Waals surface area contributed by atoms with Crippen molar-refractivity contribution < 1.29 is 24.9 Å². The second kappa shape index (κ2) is 7.58. The number of carbonyl (C=O) groups is 2. The van der Waals surface area contributed by atoms with Crippen LogP contribution in [-0.4, -0.2) is 27.3 Å². The molecule has 4 aromatic carbocycles. The highest BCUT2D eigenvalue weighted by Gasteiger charge is 2.11. The molecule has 0 radical (unpaired) electrons. The van der Waals surface area contributed by atoms with Gasteiger partial charge in [0.1, 0.15) is 11.3 Å². The lowest BCUT2D eigenvalue weighted by Crippen LogP contribution is -1.96. The molecule has 0 spiro atoms. The van der Waals surface area contributed by atoms with Gasteiger partial charge in [-0.25, -0.2) is 9.59 Å². The Morgan fingerprint density at radius 2 is 1.07 bits per heavy atom. The number of fused-ring (bicyclic) bond motifs is 2. The van der Waals surface area contributed by atoms with Gasteiger partial charge >= 0.3 is 11.9 Å². The average molecular weight is 360 g/mol. The monoisotopic (exact) mass is 360 g/mol. The van der Waals surface area contributed by atoms with Crippen molar-refractivity contribution >= 4 is 33.5 Å². The maximum Gasteiger partial charge on any atom is 0.339 e. The van der Waals surface area contributed by atoms with Gasteiger partial charge in [-0.05, 0) is 28.3 Å². The molecule has 0 saturated carbocycles. The molecule has 4 aromatic rings. The molecular weight excluding hydrogens is 344 g/mol. The Morgan fingerprint density at radius 1 is 0.556 bits per heavy atom.